The second-order valence-corrected chi connectivity index (χ2v) is 5.05. The van der Waals surface area contributed by atoms with Crippen molar-refractivity contribution in [2.24, 2.45) is 5.84 Å². The van der Waals surface area contributed by atoms with E-state index in [0.717, 1.165) is 26.1 Å². The summed E-state index contributed by atoms with van der Waals surface area (Å²) in [6.07, 6.45) is -0.906. The van der Waals surface area contributed by atoms with Gasteiger partial charge in [-0.1, -0.05) is 0 Å². The first-order valence-corrected chi connectivity index (χ1v) is 6.34. The molecule has 0 aliphatic heterocycles. The smallest absolute Gasteiger partial charge is 0.427 e. The summed E-state index contributed by atoms with van der Waals surface area (Å²) in [7, 11) is 0. The number of nitrogens with zero attached hydrogens (tertiary/aromatic N) is 3. The Morgan fingerprint density at radius 2 is 1.78 bits per heavy atom. The Hall–Kier alpha value is -2.49. The molecule has 0 amide bonds. The van der Waals surface area contributed by atoms with Crippen molar-refractivity contribution in [3.05, 3.63) is 30.5 Å². The number of nitrogens with two attached hydrogens (primary N) is 1. The van der Waals surface area contributed by atoms with Crippen LogP contribution < -0.4 is 16.0 Å². The SMILES string of the molecule is CC(C)(Oc1ncc(-c2cnc(NN)cn2)cc1F)C(F)(F)F. The number of hydrazine groups is 1. The molecule has 0 fully saturated rings. The van der Waals surface area contributed by atoms with Gasteiger partial charge in [-0.2, -0.15) is 13.2 Å². The topological polar surface area (TPSA) is 86.0 Å². The Morgan fingerprint density at radius 3 is 2.26 bits per heavy atom. The number of ether oxygens (including phenoxy) is 1. The van der Waals surface area contributed by atoms with Crippen LogP contribution in [0.3, 0.4) is 0 Å². The van der Waals surface area contributed by atoms with Crippen LogP contribution >= 0.6 is 0 Å². The van der Waals surface area contributed by atoms with Gasteiger partial charge in [0.2, 0.25) is 0 Å². The number of anilines is 1. The molecule has 23 heavy (non-hydrogen) atoms. The molecule has 0 saturated heterocycles. The predicted octanol–water partition coefficient (Wildman–Crippen LogP) is 2.68. The second-order valence-electron chi connectivity index (χ2n) is 5.05. The number of hydrogen-bond acceptors (Lipinski definition) is 6. The average molecular weight is 331 g/mol. The van der Waals surface area contributed by atoms with Gasteiger partial charge in [0.15, 0.2) is 17.2 Å². The lowest BCUT2D eigenvalue weighted by molar-refractivity contribution is -0.235. The van der Waals surface area contributed by atoms with Crippen LogP contribution in [0, 0.1) is 5.82 Å². The molecular weight excluding hydrogens is 318 g/mol. The molecular formula is C13H13F4N5O. The van der Waals surface area contributed by atoms with E-state index in [1.807, 2.05) is 0 Å². The zero-order valence-corrected chi connectivity index (χ0v) is 12.1. The van der Waals surface area contributed by atoms with E-state index in [1.165, 1.54) is 12.4 Å². The molecule has 0 unspecified atom stereocenters. The van der Waals surface area contributed by atoms with Crippen molar-refractivity contribution in [3.8, 4) is 17.1 Å². The van der Waals surface area contributed by atoms with Gasteiger partial charge >= 0.3 is 6.18 Å². The first kappa shape index (κ1) is 16.9. The summed E-state index contributed by atoms with van der Waals surface area (Å²) >= 11 is 0. The number of alkyl halides is 3. The fraction of sp³-hybridized carbons (Fsp3) is 0.308. The summed E-state index contributed by atoms with van der Waals surface area (Å²) in [6, 6.07) is 0.967. The van der Waals surface area contributed by atoms with E-state index >= 15 is 0 Å². The first-order valence-electron chi connectivity index (χ1n) is 6.34. The summed E-state index contributed by atoms with van der Waals surface area (Å²) in [6.45, 7) is 1.57. The van der Waals surface area contributed by atoms with E-state index < -0.39 is 23.5 Å². The molecule has 0 atom stereocenters. The van der Waals surface area contributed by atoms with Gasteiger partial charge in [-0.3, -0.25) is 4.98 Å². The van der Waals surface area contributed by atoms with E-state index in [4.69, 9.17) is 5.84 Å². The molecule has 3 N–H and O–H groups in total. The summed E-state index contributed by atoms with van der Waals surface area (Å²) in [5.74, 6) is 3.66. The fourth-order valence-electron chi connectivity index (χ4n) is 1.49. The van der Waals surface area contributed by atoms with Gasteiger partial charge in [-0.25, -0.2) is 20.2 Å². The van der Waals surface area contributed by atoms with Gasteiger partial charge in [0.25, 0.3) is 5.88 Å². The minimum absolute atomic E-state index is 0.232. The van der Waals surface area contributed by atoms with E-state index in [-0.39, 0.29) is 11.3 Å². The van der Waals surface area contributed by atoms with E-state index in [1.54, 1.807) is 0 Å². The highest BCUT2D eigenvalue weighted by molar-refractivity contribution is 5.58. The Kier molecular flexibility index (Phi) is 4.37. The maximum Gasteiger partial charge on any atom is 0.427 e. The monoisotopic (exact) mass is 331 g/mol. The molecule has 0 aliphatic rings. The summed E-state index contributed by atoms with van der Waals surface area (Å²) < 4.78 is 56.9. The van der Waals surface area contributed by atoms with Crippen LogP contribution in [0.25, 0.3) is 11.3 Å². The Labute approximate surface area is 128 Å². The van der Waals surface area contributed by atoms with E-state index in [9.17, 15) is 17.6 Å². The predicted molar refractivity (Wildman–Crippen MR) is 73.8 cm³/mol. The number of rotatable bonds is 4. The molecule has 124 valence electrons. The number of nitrogen functional groups attached to an aromatic ring is 1. The second kappa shape index (κ2) is 5.95. The molecule has 0 aliphatic carbocycles. The zero-order chi connectivity index (χ0) is 17.3. The van der Waals surface area contributed by atoms with Crippen LogP contribution in [0.4, 0.5) is 23.4 Å². The third kappa shape index (κ3) is 3.65. The van der Waals surface area contributed by atoms with Crippen molar-refractivity contribution in [1.29, 1.82) is 0 Å². The Balaban J connectivity index is 2.27. The van der Waals surface area contributed by atoms with Gasteiger partial charge in [-0.15, -0.1) is 0 Å². The average Bonchev–Trinajstić information content (AvgIpc) is 2.48. The van der Waals surface area contributed by atoms with Gasteiger partial charge in [0.1, 0.15) is 0 Å². The van der Waals surface area contributed by atoms with Crippen molar-refractivity contribution >= 4 is 5.82 Å². The molecule has 2 aromatic rings. The van der Waals surface area contributed by atoms with Crippen molar-refractivity contribution < 1.29 is 22.3 Å². The van der Waals surface area contributed by atoms with Gasteiger partial charge in [0.05, 0.1) is 18.1 Å². The highest BCUT2D eigenvalue weighted by Gasteiger charge is 2.50. The molecule has 10 heteroatoms. The number of nitrogens with one attached hydrogen (secondary N) is 1. The zero-order valence-electron chi connectivity index (χ0n) is 12.1. The summed E-state index contributed by atoms with van der Waals surface area (Å²) in [5.41, 5.74) is 0.211. The number of aromatic nitrogens is 3. The van der Waals surface area contributed by atoms with Crippen LogP contribution in [0.2, 0.25) is 0 Å². The molecule has 2 heterocycles. The van der Waals surface area contributed by atoms with Gasteiger partial charge in [0, 0.05) is 11.8 Å². The maximum absolute atomic E-state index is 14.0. The first-order chi connectivity index (χ1) is 10.6. The van der Waals surface area contributed by atoms with Gasteiger partial charge in [-0.05, 0) is 19.9 Å². The fourth-order valence-corrected chi connectivity index (χ4v) is 1.49. The molecule has 0 saturated carbocycles. The molecule has 0 bridgehead atoms. The quantitative estimate of drug-likeness (QED) is 0.509. The number of pyridine rings is 1. The molecule has 6 nitrogen and oxygen atoms in total. The highest BCUT2D eigenvalue weighted by Crippen LogP contribution is 2.34. The van der Waals surface area contributed by atoms with Crippen LogP contribution in [0.1, 0.15) is 13.8 Å². The summed E-state index contributed by atoms with van der Waals surface area (Å²) in [5, 5.41) is 0. The third-order valence-electron chi connectivity index (χ3n) is 2.94. The van der Waals surface area contributed by atoms with Crippen LogP contribution in [0.15, 0.2) is 24.7 Å². The van der Waals surface area contributed by atoms with Crippen molar-refractivity contribution in [2.45, 2.75) is 25.6 Å². The molecule has 0 radical (unpaired) electrons. The minimum atomic E-state index is -4.67. The molecule has 2 aromatic heterocycles. The van der Waals surface area contributed by atoms with E-state index in [2.05, 4.69) is 25.1 Å². The van der Waals surface area contributed by atoms with Crippen molar-refractivity contribution in [3.63, 3.8) is 0 Å². The van der Waals surface area contributed by atoms with Crippen LogP contribution in [-0.4, -0.2) is 26.7 Å². The number of hydrogen-bond donors (Lipinski definition) is 2. The highest BCUT2D eigenvalue weighted by atomic mass is 19.4. The lowest BCUT2D eigenvalue weighted by atomic mass is 10.1. The summed E-state index contributed by atoms with van der Waals surface area (Å²) in [4.78, 5) is 11.5. The van der Waals surface area contributed by atoms with Crippen molar-refractivity contribution in [1.82, 2.24) is 15.0 Å². The molecule has 0 spiro atoms. The lowest BCUT2D eigenvalue weighted by Gasteiger charge is -2.28. The lowest BCUT2D eigenvalue weighted by Crippen LogP contribution is -2.45. The normalized spacial score (nSPS) is 12.1. The van der Waals surface area contributed by atoms with E-state index in [0.29, 0.717) is 5.82 Å². The number of halogens is 4. The maximum atomic E-state index is 14.0. The van der Waals surface area contributed by atoms with Crippen LogP contribution in [-0.2, 0) is 0 Å². The molecule has 0 aromatic carbocycles. The molecule has 2 rings (SSSR count). The Bertz CT molecular complexity index is 688. The minimum Gasteiger partial charge on any atom is -0.460 e. The third-order valence-corrected chi connectivity index (χ3v) is 2.94. The van der Waals surface area contributed by atoms with Gasteiger partial charge < -0.3 is 10.2 Å². The Morgan fingerprint density at radius 1 is 1.09 bits per heavy atom. The van der Waals surface area contributed by atoms with Crippen molar-refractivity contribution in [2.75, 3.05) is 5.43 Å². The largest absolute Gasteiger partial charge is 0.460 e. The van der Waals surface area contributed by atoms with Crippen LogP contribution in [0.5, 0.6) is 5.88 Å². The standard InChI is InChI=1S/C13H13F4N5O/c1-12(2,13(15,16)17)23-11-8(14)3-7(4-21-11)9-5-20-10(22-18)6-19-9/h3-6H,18H2,1-2H3,(H,20,22).